The van der Waals surface area contributed by atoms with E-state index in [-0.39, 0.29) is 51.8 Å². The molecular weight excluding hydrogens is 484 g/mol. The summed E-state index contributed by atoms with van der Waals surface area (Å²) in [6.07, 6.45) is 7.44. The van der Waals surface area contributed by atoms with Gasteiger partial charge in [-0.15, -0.1) is 6.58 Å². The number of fused-ring (bicyclic) bond motifs is 5. The molecule has 5 fully saturated rings. The highest BCUT2D eigenvalue weighted by Crippen LogP contribution is 2.83. The van der Waals surface area contributed by atoms with Gasteiger partial charge in [0, 0.05) is 16.7 Å². The molecule has 1 saturated heterocycles. The standard InChI is InChI=1S/C35H44O4/c1-5-35(36)30-31(2,3)18-17-27(38-21-25-14-10-7-11-15-25)33(30,23-37-20-24-12-8-6-9-13-24)26-16-19-32(4)22-34(26,35)29-28(32)39-29/h5-15,26-30,36H,1,16-23H2,2-4H3/t26-,27+,28-,29+,30+,32-,33+,34+,35+/m0/s1. The van der Waals surface area contributed by atoms with Crippen molar-refractivity contribution in [1.29, 1.82) is 0 Å². The van der Waals surface area contributed by atoms with Crippen molar-refractivity contribution in [1.82, 2.24) is 0 Å². The third-order valence-corrected chi connectivity index (χ3v) is 11.9. The van der Waals surface area contributed by atoms with Crippen molar-refractivity contribution in [2.45, 2.75) is 90.0 Å². The van der Waals surface area contributed by atoms with Crippen molar-refractivity contribution < 1.29 is 19.3 Å². The largest absolute Gasteiger partial charge is 0.385 e. The third-order valence-electron chi connectivity index (χ3n) is 11.9. The number of rotatable bonds is 8. The minimum Gasteiger partial charge on any atom is -0.385 e. The summed E-state index contributed by atoms with van der Waals surface area (Å²) in [5.74, 6) is 0.218. The van der Waals surface area contributed by atoms with E-state index in [2.05, 4.69) is 81.9 Å². The van der Waals surface area contributed by atoms with E-state index in [1.165, 1.54) is 11.1 Å². The van der Waals surface area contributed by atoms with Crippen LogP contribution in [0.3, 0.4) is 0 Å². The average Bonchev–Trinajstić information content (AvgIpc) is 3.69. The van der Waals surface area contributed by atoms with Gasteiger partial charge in [0.1, 0.15) is 0 Å². The number of hydrogen-bond donors (Lipinski definition) is 1. The predicted octanol–water partition coefficient (Wildman–Crippen LogP) is 6.72. The quantitative estimate of drug-likeness (QED) is 0.305. The smallest absolute Gasteiger partial charge is 0.0950 e. The molecule has 0 unspecified atom stereocenters. The third kappa shape index (κ3) is 3.44. The molecule has 9 atom stereocenters. The van der Waals surface area contributed by atoms with E-state index < -0.39 is 5.60 Å². The van der Waals surface area contributed by atoms with Crippen molar-refractivity contribution in [2.75, 3.05) is 6.61 Å². The van der Waals surface area contributed by atoms with Crippen LogP contribution in [0.2, 0.25) is 0 Å². The van der Waals surface area contributed by atoms with Gasteiger partial charge in [-0.1, -0.05) is 87.5 Å². The van der Waals surface area contributed by atoms with Crippen molar-refractivity contribution in [3.8, 4) is 0 Å². The Labute approximate surface area is 233 Å². The predicted molar refractivity (Wildman–Crippen MR) is 152 cm³/mol. The van der Waals surface area contributed by atoms with Crippen LogP contribution in [0.4, 0.5) is 0 Å². The number of benzene rings is 2. The zero-order valence-electron chi connectivity index (χ0n) is 23.8. The Morgan fingerprint density at radius 1 is 0.923 bits per heavy atom. The van der Waals surface area contributed by atoms with E-state index in [1.54, 1.807) is 0 Å². The Kier molecular flexibility index (Phi) is 5.83. The lowest BCUT2D eigenvalue weighted by atomic mass is 9.51. The second-order valence-electron chi connectivity index (χ2n) is 14.3. The first-order valence-corrected chi connectivity index (χ1v) is 15.0. The molecule has 2 bridgehead atoms. The van der Waals surface area contributed by atoms with E-state index in [0.717, 1.165) is 32.1 Å². The Balaban J connectivity index is 1.34. The molecule has 208 valence electrons. The molecule has 1 spiro atoms. The molecule has 0 aromatic heterocycles. The number of hydrogen-bond acceptors (Lipinski definition) is 4. The van der Waals surface area contributed by atoms with Gasteiger partial charge in [-0.05, 0) is 60.0 Å². The highest BCUT2D eigenvalue weighted by atomic mass is 16.6. The molecule has 4 saturated carbocycles. The fourth-order valence-electron chi connectivity index (χ4n) is 10.6. The molecule has 7 rings (SSSR count). The lowest BCUT2D eigenvalue weighted by Gasteiger charge is -2.57. The van der Waals surface area contributed by atoms with E-state index in [4.69, 9.17) is 14.2 Å². The molecule has 5 aliphatic rings. The fourth-order valence-corrected chi connectivity index (χ4v) is 10.6. The molecule has 4 heteroatoms. The van der Waals surface area contributed by atoms with Gasteiger partial charge in [-0.25, -0.2) is 0 Å². The van der Waals surface area contributed by atoms with Crippen LogP contribution in [0.1, 0.15) is 64.0 Å². The number of ether oxygens (including phenoxy) is 3. The van der Waals surface area contributed by atoms with Crippen molar-refractivity contribution in [3.05, 3.63) is 84.4 Å². The average molecular weight is 529 g/mol. The minimum atomic E-state index is -1.04. The van der Waals surface area contributed by atoms with E-state index >= 15 is 0 Å². The summed E-state index contributed by atoms with van der Waals surface area (Å²) in [6.45, 7) is 13.2. The first-order chi connectivity index (χ1) is 18.7. The number of epoxide rings is 1. The summed E-state index contributed by atoms with van der Waals surface area (Å²) in [4.78, 5) is 0. The van der Waals surface area contributed by atoms with Crippen molar-refractivity contribution in [2.24, 2.45) is 33.5 Å². The van der Waals surface area contributed by atoms with Crippen LogP contribution in [0, 0.1) is 33.5 Å². The second-order valence-corrected chi connectivity index (χ2v) is 14.3. The van der Waals surface area contributed by atoms with Crippen molar-refractivity contribution in [3.63, 3.8) is 0 Å². The van der Waals surface area contributed by atoms with E-state index in [9.17, 15) is 5.11 Å². The van der Waals surface area contributed by atoms with Crippen LogP contribution in [-0.2, 0) is 27.4 Å². The molecule has 4 aliphatic carbocycles. The van der Waals surface area contributed by atoms with Crippen LogP contribution in [-0.4, -0.2) is 35.6 Å². The molecule has 1 aliphatic heterocycles. The molecule has 4 nitrogen and oxygen atoms in total. The highest BCUT2D eigenvalue weighted by Gasteiger charge is 2.88. The molecule has 2 aromatic carbocycles. The lowest BCUT2D eigenvalue weighted by Crippen LogP contribution is -2.60. The Morgan fingerprint density at radius 3 is 2.26 bits per heavy atom. The number of aliphatic hydroxyl groups is 1. The first kappa shape index (κ1) is 26.0. The van der Waals surface area contributed by atoms with Gasteiger partial charge < -0.3 is 19.3 Å². The van der Waals surface area contributed by atoms with Crippen LogP contribution < -0.4 is 0 Å². The molecule has 2 aromatic rings. The summed E-state index contributed by atoms with van der Waals surface area (Å²) >= 11 is 0. The molecular formula is C35H44O4. The molecule has 0 amide bonds. The maximum absolute atomic E-state index is 13.1. The Hall–Kier alpha value is -1.98. The van der Waals surface area contributed by atoms with Gasteiger partial charge in [-0.3, -0.25) is 0 Å². The topological polar surface area (TPSA) is 51.2 Å². The van der Waals surface area contributed by atoms with Gasteiger partial charge in [0.05, 0.1) is 43.7 Å². The maximum Gasteiger partial charge on any atom is 0.0950 e. The molecule has 1 heterocycles. The maximum atomic E-state index is 13.1. The summed E-state index contributed by atoms with van der Waals surface area (Å²) in [7, 11) is 0. The van der Waals surface area contributed by atoms with Gasteiger partial charge in [0.2, 0.25) is 0 Å². The Morgan fingerprint density at radius 2 is 1.59 bits per heavy atom. The van der Waals surface area contributed by atoms with Gasteiger partial charge >= 0.3 is 0 Å². The summed E-state index contributed by atoms with van der Waals surface area (Å²) in [5.41, 5.74) is 0.678. The normalized spacial score (nSPS) is 44.8. The second kappa shape index (κ2) is 8.76. The van der Waals surface area contributed by atoms with E-state index in [1.807, 2.05) is 12.1 Å². The molecule has 0 radical (unpaired) electrons. The monoisotopic (exact) mass is 528 g/mol. The van der Waals surface area contributed by atoms with Gasteiger partial charge in [0.25, 0.3) is 0 Å². The van der Waals surface area contributed by atoms with Crippen LogP contribution >= 0.6 is 0 Å². The summed E-state index contributed by atoms with van der Waals surface area (Å²) < 4.78 is 20.2. The summed E-state index contributed by atoms with van der Waals surface area (Å²) in [5, 5.41) is 13.1. The lowest BCUT2D eigenvalue weighted by molar-refractivity contribution is -0.199. The molecule has 39 heavy (non-hydrogen) atoms. The first-order valence-electron chi connectivity index (χ1n) is 15.0. The highest BCUT2D eigenvalue weighted by molar-refractivity contribution is 5.39. The van der Waals surface area contributed by atoms with Gasteiger partial charge in [0.15, 0.2) is 0 Å². The fraction of sp³-hybridized carbons (Fsp3) is 0.600. The van der Waals surface area contributed by atoms with Gasteiger partial charge in [-0.2, -0.15) is 0 Å². The minimum absolute atomic E-state index is 0.00971. The van der Waals surface area contributed by atoms with Crippen LogP contribution in [0.15, 0.2) is 73.3 Å². The SMILES string of the molecule is C=C[C@@]1(O)[C@@H]2C(C)(C)CC[C@@H](OCc3ccccc3)[C@@]2(COCc2ccccc2)[C@@H]2CC[C@@]3(C)C[C@]21[C@@H]1O[C@@H]13. The molecule has 1 N–H and O–H groups in total. The van der Waals surface area contributed by atoms with Crippen molar-refractivity contribution >= 4 is 0 Å². The zero-order chi connectivity index (χ0) is 27.1. The van der Waals surface area contributed by atoms with Crippen LogP contribution in [0.25, 0.3) is 0 Å². The van der Waals surface area contributed by atoms with E-state index in [0.29, 0.717) is 19.8 Å². The zero-order valence-corrected chi connectivity index (χ0v) is 23.8. The Bertz CT molecular complexity index is 1230. The summed E-state index contributed by atoms with van der Waals surface area (Å²) in [6, 6.07) is 20.9. The van der Waals surface area contributed by atoms with Crippen LogP contribution in [0.5, 0.6) is 0 Å².